The van der Waals surface area contributed by atoms with Crippen molar-refractivity contribution in [2.45, 2.75) is 84.5 Å². The van der Waals surface area contributed by atoms with Crippen LogP contribution in [0.25, 0.3) is 22.3 Å². The molecule has 0 radical (unpaired) electrons. The zero-order valence-corrected chi connectivity index (χ0v) is 43.6. The van der Waals surface area contributed by atoms with E-state index in [1.165, 1.54) is 12.1 Å². The Morgan fingerprint density at radius 1 is 0.556 bits per heavy atom. The van der Waals surface area contributed by atoms with E-state index < -0.39 is 33.5 Å². The number of anilines is 1. The summed E-state index contributed by atoms with van der Waals surface area (Å²) >= 11 is 0. The highest BCUT2D eigenvalue weighted by atomic mass is 32.2. The number of ether oxygens (including phenoxy) is 9. The van der Waals surface area contributed by atoms with E-state index >= 15 is 0 Å². The Hall–Kier alpha value is -5.92. The number of pyridine rings is 1. The quantitative estimate of drug-likeness (QED) is 0.0341. The molecule has 1 aromatic heterocycles. The Bertz CT molecular complexity index is 2500. The van der Waals surface area contributed by atoms with E-state index in [1.54, 1.807) is 59.9 Å². The predicted molar refractivity (Wildman–Crippen MR) is 274 cm³/mol. The lowest BCUT2D eigenvalue weighted by atomic mass is 9.91. The normalized spacial score (nSPS) is 11.8. The van der Waals surface area contributed by atoms with Crippen molar-refractivity contribution in [3.63, 3.8) is 0 Å². The van der Waals surface area contributed by atoms with Crippen LogP contribution in [0.5, 0.6) is 11.5 Å². The second-order valence-electron chi connectivity index (χ2n) is 18.3. The van der Waals surface area contributed by atoms with Crippen molar-refractivity contribution in [3.8, 4) is 33.8 Å². The summed E-state index contributed by atoms with van der Waals surface area (Å²) in [7, 11) is -3.81. The standard InChI is InChI=1S/C55H70N2O14S/c1-9-48-49(39-56-51(57(52(58)70-54(3,4)5)53(59)71-55(6,7)8)50(48)44-19-23-46(24-20-44)68-40-42-13-11-10-12-14-42)43-17-21-45(22-18-43)67-37-35-65-33-31-63-29-27-62-28-30-64-32-34-66-36-38-69-72(60,61)47-25-15-41(2)16-26-47/h10-26,39H,9,27-38,40H2,1-8H3. The number of aryl methyl sites for hydroxylation is 1. The first-order chi connectivity index (χ1) is 34.4. The van der Waals surface area contributed by atoms with Crippen LogP contribution in [-0.2, 0) is 60.5 Å². The average molecular weight is 1020 g/mol. The van der Waals surface area contributed by atoms with E-state index in [4.69, 9.17) is 51.8 Å². The first kappa shape index (κ1) is 57.0. The number of carbonyl (C=O) groups excluding carboxylic acids is 2. The van der Waals surface area contributed by atoms with Crippen molar-refractivity contribution < 1.29 is 64.8 Å². The maximum Gasteiger partial charge on any atom is 0.425 e. The zero-order valence-electron chi connectivity index (χ0n) is 42.8. The summed E-state index contributed by atoms with van der Waals surface area (Å²) in [5.41, 5.74) is 3.94. The smallest absolute Gasteiger partial charge is 0.425 e. The number of nitrogens with zero attached hydrogens (tertiary/aromatic N) is 2. The molecule has 0 fully saturated rings. The van der Waals surface area contributed by atoms with E-state index in [0.29, 0.717) is 102 Å². The van der Waals surface area contributed by atoms with Gasteiger partial charge in [-0.3, -0.25) is 4.18 Å². The molecule has 2 amide bonds. The maximum atomic E-state index is 13.9. The minimum absolute atomic E-state index is 0.0779. The molecule has 0 aliphatic carbocycles. The Morgan fingerprint density at radius 3 is 1.50 bits per heavy atom. The largest absolute Gasteiger partial charge is 0.491 e. The highest BCUT2D eigenvalue weighted by Gasteiger charge is 2.36. The third-order valence-corrected chi connectivity index (χ3v) is 11.5. The Balaban J connectivity index is 1.07. The molecule has 5 rings (SSSR count). The van der Waals surface area contributed by atoms with Gasteiger partial charge in [-0.2, -0.15) is 13.3 Å². The van der Waals surface area contributed by atoms with Gasteiger partial charge in [0.1, 0.15) is 35.9 Å². The lowest BCUT2D eigenvalue weighted by molar-refractivity contribution is -0.0140. The summed E-state index contributed by atoms with van der Waals surface area (Å²) in [4.78, 5) is 33.7. The van der Waals surface area contributed by atoms with E-state index in [0.717, 1.165) is 32.7 Å². The van der Waals surface area contributed by atoms with Crippen molar-refractivity contribution in [2.75, 3.05) is 84.2 Å². The number of rotatable bonds is 28. The van der Waals surface area contributed by atoms with Crippen LogP contribution in [-0.4, -0.2) is 116 Å². The molecule has 0 aliphatic heterocycles. The van der Waals surface area contributed by atoms with E-state index in [9.17, 15) is 18.0 Å². The summed E-state index contributed by atoms with van der Waals surface area (Å²) in [6.07, 6.45) is 0.357. The van der Waals surface area contributed by atoms with Crippen LogP contribution < -0.4 is 14.4 Å². The molecule has 0 saturated heterocycles. The Kier molecular flexibility index (Phi) is 22.4. The van der Waals surface area contributed by atoms with Crippen LogP contribution in [0.15, 0.2) is 114 Å². The Morgan fingerprint density at radius 2 is 1.01 bits per heavy atom. The van der Waals surface area contributed by atoms with Crippen LogP contribution in [0.3, 0.4) is 0 Å². The highest BCUT2D eigenvalue weighted by molar-refractivity contribution is 7.86. The molecule has 0 N–H and O–H groups in total. The Labute approximate surface area is 424 Å². The summed E-state index contributed by atoms with van der Waals surface area (Å²) in [5.74, 6) is 1.38. The molecule has 0 aliphatic rings. The maximum absolute atomic E-state index is 13.9. The van der Waals surface area contributed by atoms with Crippen LogP contribution in [0.4, 0.5) is 15.4 Å². The summed E-state index contributed by atoms with van der Waals surface area (Å²) < 4.78 is 80.7. The van der Waals surface area contributed by atoms with Gasteiger partial charge in [-0.05, 0) is 114 Å². The average Bonchev–Trinajstić information content (AvgIpc) is 3.33. The van der Waals surface area contributed by atoms with Crippen molar-refractivity contribution in [2.24, 2.45) is 0 Å². The summed E-state index contributed by atoms with van der Waals surface area (Å²) in [6.45, 7) is 18.4. The lowest BCUT2D eigenvalue weighted by Gasteiger charge is -2.30. The van der Waals surface area contributed by atoms with Gasteiger partial charge in [0.2, 0.25) is 0 Å². The van der Waals surface area contributed by atoms with Crippen LogP contribution in [0.2, 0.25) is 0 Å². The molecule has 390 valence electrons. The first-order valence-electron chi connectivity index (χ1n) is 24.1. The van der Waals surface area contributed by atoms with Gasteiger partial charge in [0.15, 0.2) is 5.82 Å². The van der Waals surface area contributed by atoms with Gasteiger partial charge in [0, 0.05) is 17.3 Å². The fraction of sp³-hybridized carbons (Fsp3) is 0.436. The highest BCUT2D eigenvalue weighted by Crippen LogP contribution is 2.40. The number of aromatic nitrogens is 1. The van der Waals surface area contributed by atoms with Gasteiger partial charge in [-0.25, -0.2) is 14.6 Å². The molecule has 0 spiro atoms. The van der Waals surface area contributed by atoms with E-state index in [2.05, 4.69) is 0 Å². The zero-order chi connectivity index (χ0) is 52.0. The third-order valence-electron chi connectivity index (χ3n) is 10.2. The molecular weight excluding hydrogens is 945 g/mol. The fourth-order valence-electron chi connectivity index (χ4n) is 6.85. The van der Waals surface area contributed by atoms with Crippen LogP contribution in [0, 0.1) is 6.92 Å². The molecule has 0 atom stereocenters. The monoisotopic (exact) mass is 1010 g/mol. The van der Waals surface area contributed by atoms with Gasteiger partial charge < -0.3 is 42.6 Å². The van der Waals surface area contributed by atoms with E-state index in [-0.39, 0.29) is 23.9 Å². The number of amides is 2. The molecular formula is C55H70N2O14S. The number of benzene rings is 4. The second-order valence-corrected chi connectivity index (χ2v) is 19.9. The second kappa shape index (κ2) is 28.4. The molecule has 4 aromatic carbocycles. The lowest BCUT2D eigenvalue weighted by Crippen LogP contribution is -2.44. The van der Waals surface area contributed by atoms with Crippen molar-refractivity contribution in [1.82, 2.24) is 4.98 Å². The number of imide groups is 1. The number of hydrogen-bond acceptors (Lipinski definition) is 15. The minimum atomic E-state index is -3.81. The van der Waals surface area contributed by atoms with Crippen molar-refractivity contribution in [3.05, 3.63) is 126 Å². The van der Waals surface area contributed by atoms with Crippen LogP contribution >= 0.6 is 0 Å². The molecule has 16 nitrogen and oxygen atoms in total. The first-order valence-corrected chi connectivity index (χ1v) is 25.5. The van der Waals surface area contributed by atoms with Gasteiger partial charge in [-0.15, -0.1) is 0 Å². The number of hydrogen-bond donors (Lipinski definition) is 0. The summed E-state index contributed by atoms with van der Waals surface area (Å²) in [6, 6.07) is 31.4. The molecule has 5 aromatic rings. The topological polar surface area (TPSA) is 177 Å². The van der Waals surface area contributed by atoms with Gasteiger partial charge in [0.25, 0.3) is 10.1 Å². The molecule has 17 heteroatoms. The van der Waals surface area contributed by atoms with Crippen LogP contribution in [0.1, 0.15) is 65.2 Å². The molecule has 0 bridgehead atoms. The van der Waals surface area contributed by atoms with E-state index in [1.807, 2.05) is 92.7 Å². The molecule has 0 unspecified atom stereocenters. The minimum Gasteiger partial charge on any atom is -0.491 e. The van der Waals surface area contributed by atoms with Gasteiger partial charge in [-0.1, -0.05) is 79.2 Å². The molecule has 1 heterocycles. The predicted octanol–water partition coefficient (Wildman–Crippen LogP) is 10.4. The molecule has 0 saturated carbocycles. The van der Waals surface area contributed by atoms with Crippen molar-refractivity contribution in [1.29, 1.82) is 0 Å². The van der Waals surface area contributed by atoms with Gasteiger partial charge >= 0.3 is 12.2 Å². The summed E-state index contributed by atoms with van der Waals surface area (Å²) in [5, 5.41) is 0. The fourth-order valence-corrected chi connectivity index (χ4v) is 7.75. The SMILES string of the molecule is CCc1c(-c2ccc(OCCOCCOCCOCCOCCOCCOS(=O)(=O)c3ccc(C)cc3)cc2)cnc(N(C(=O)OC(C)(C)C)C(=O)OC(C)(C)C)c1-c1ccc(OCc2ccccc2)cc1. The number of carbonyl (C=O) groups is 2. The van der Waals surface area contributed by atoms with Crippen molar-refractivity contribution >= 4 is 28.1 Å². The third kappa shape index (κ3) is 19.3. The molecule has 72 heavy (non-hydrogen) atoms. The van der Waals surface area contributed by atoms with Gasteiger partial charge in [0.05, 0.1) is 77.6 Å².